The first-order chi connectivity index (χ1) is 10.2. The molecular weight excluding hydrogens is 274 g/mol. The Hall–Kier alpha value is -2.88. The number of aliphatic imine (C=N–C) groups is 1. The molecule has 0 bridgehead atoms. The summed E-state index contributed by atoms with van der Waals surface area (Å²) in [5, 5.41) is 0. The van der Waals surface area contributed by atoms with Crippen LogP contribution in [0.4, 0.5) is 4.79 Å². The van der Waals surface area contributed by atoms with Gasteiger partial charge >= 0.3 is 6.03 Å². The van der Waals surface area contributed by atoms with Crippen molar-refractivity contribution in [1.29, 1.82) is 0 Å². The fraction of sp³-hybridized carbons (Fsp3) is 0.286. The number of nitrogens with zero attached hydrogens (tertiary/aromatic N) is 2. The summed E-state index contributed by atoms with van der Waals surface area (Å²) in [5.74, 6) is 4.20. The van der Waals surface area contributed by atoms with Crippen LogP contribution in [0, 0.1) is 12.3 Å². The summed E-state index contributed by atoms with van der Waals surface area (Å²) >= 11 is 0. The molecule has 7 nitrogen and oxygen atoms in total. The van der Waals surface area contributed by atoms with E-state index in [9.17, 15) is 4.79 Å². The number of nitrogens with two attached hydrogens (primary N) is 1. The lowest BCUT2D eigenvalue weighted by atomic mass is 10.0. The Morgan fingerprint density at radius 3 is 3.10 bits per heavy atom. The average Bonchev–Trinajstić information content (AvgIpc) is 3.03. The summed E-state index contributed by atoms with van der Waals surface area (Å²) < 4.78 is 16.0. The van der Waals surface area contributed by atoms with E-state index in [2.05, 4.69) is 10.9 Å². The van der Waals surface area contributed by atoms with Gasteiger partial charge in [0.05, 0.1) is 13.7 Å². The lowest BCUT2D eigenvalue weighted by Gasteiger charge is -2.23. The number of benzene rings is 1. The molecule has 2 N–H and O–H groups in total. The lowest BCUT2D eigenvalue weighted by molar-refractivity contribution is 0.171. The number of hydrogen-bond acceptors (Lipinski definition) is 5. The molecule has 0 saturated heterocycles. The fourth-order valence-corrected chi connectivity index (χ4v) is 2.42. The van der Waals surface area contributed by atoms with Gasteiger partial charge < -0.3 is 19.9 Å². The van der Waals surface area contributed by atoms with Gasteiger partial charge in [-0.2, -0.15) is 4.99 Å². The standard InChI is InChI=1S/C14H13N3O4/c1-3-4-17-11(13(15)16-14(17)18)8-5-9(19-2)12-10(6-8)20-7-21-12/h1,5-6,11H,4,7H2,2H3,(H2,15,16,18). The largest absolute Gasteiger partial charge is 0.493 e. The van der Waals surface area contributed by atoms with Crippen LogP contribution >= 0.6 is 0 Å². The highest BCUT2D eigenvalue weighted by atomic mass is 16.7. The molecular formula is C14H13N3O4. The molecule has 0 radical (unpaired) electrons. The topological polar surface area (TPSA) is 86.4 Å². The Morgan fingerprint density at radius 1 is 1.57 bits per heavy atom. The van der Waals surface area contributed by atoms with Crippen molar-refractivity contribution in [3.8, 4) is 29.6 Å². The molecule has 2 amide bonds. The second kappa shape index (κ2) is 4.90. The minimum Gasteiger partial charge on any atom is -0.493 e. The number of carbonyl (C=O) groups is 1. The van der Waals surface area contributed by atoms with Crippen LogP contribution in [0.25, 0.3) is 0 Å². The molecule has 2 aliphatic rings. The number of urea groups is 1. The van der Waals surface area contributed by atoms with Crippen LogP contribution in [0.2, 0.25) is 0 Å². The van der Waals surface area contributed by atoms with Crippen LogP contribution in [0.15, 0.2) is 17.1 Å². The third kappa shape index (κ3) is 2.01. The molecule has 7 heteroatoms. The first kappa shape index (κ1) is 13.1. The quantitative estimate of drug-likeness (QED) is 0.834. The SMILES string of the molecule is C#CCN1C(=O)N=C(N)C1c1cc(OC)c2c(c1)OCO2. The van der Waals surface area contributed by atoms with Crippen molar-refractivity contribution >= 4 is 11.9 Å². The van der Waals surface area contributed by atoms with Crippen LogP contribution in [-0.4, -0.2) is 37.2 Å². The van der Waals surface area contributed by atoms with Gasteiger partial charge in [0.25, 0.3) is 0 Å². The summed E-state index contributed by atoms with van der Waals surface area (Å²) in [6, 6.07) is 2.51. The predicted octanol–water partition coefficient (Wildman–Crippen LogP) is 0.891. The van der Waals surface area contributed by atoms with Gasteiger partial charge in [0.15, 0.2) is 11.5 Å². The molecule has 0 aliphatic carbocycles. The number of rotatable bonds is 3. The Bertz CT molecular complexity index is 678. The second-order valence-corrected chi connectivity index (χ2v) is 4.51. The zero-order valence-corrected chi connectivity index (χ0v) is 11.3. The number of ether oxygens (including phenoxy) is 3. The Morgan fingerprint density at radius 2 is 2.38 bits per heavy atom. The van der Waals surface area contributed by atoms with Gasteiger partial charge in [-0.15, -0.1) is 6.42 Å². The van der Waals surface area contributed by atoms with Crippen molar-refractivity contribution in [2.45, 2.75) is 6.04 Å². The van der Waals surface area contributed by atoms with Gasteiger partial charge in [-0.05, 0) is 17.7 Å². The summed E-state index contributed by atoms with van der Waals surface area (Å²) in [4.78, 5) is 17.0. The summed E-state index contributed by atoms with van der Waals surface area (Å²) in [5.41, 5.74) is 6.57. The van der Waals surface area contributed by atoms with E-state index >= 15 is 0 Å². The van der Waals surface area contributed by atoms with Crippen molar-refractivity contribution < 1.29 is 19.0 Å². The highest BCUT2D eigenvalue weighted by Gasteiger charge is 2.35. The van der Waals surface area contributed by atoms with Crippen molar-refractivity contribution in [2.75, 3.05) is 20.4 Å². The van der Waals surface area contributed by atoms with Gasteiger partial charge in [-0.1, -0.05) is 5.92 Å². The zero-order chi connectivity index (χ0) is 15.0. The minimum atomic E-state index is -0.531. The third-order valence-corrected chi connectivity index (χ3v) is 3.32. The molecule has 0 saturated carbocycles. The van der Waals surface area contributed by atoms with Crippen molar-refractivity contribution in [3.63, 3.8) is 0 Å². The molecule has 1 unspecified atom stereocenters. The molecule has 21 heavy (non-hydrogen) atoms. The predicted molar refractivity (Wildman–Crippen MR) is 74.4 cm³/mol. The van der Waals surface area contributed by atoms with Gasteiger partial charge in [0.2, 0.25) is 12.5 Å². The van der Waals surface area contributed by atoms with Crippen LogP contribution in [-0.2, 0) is 0 Å². The summed E-state index contributed by atoms with van der Waals surface area (Å²) in [6.45, 7) is 0.237. The smallest absolute Gasteiger partial charge is 0.346 e. The first-order valence-corrected chi connectivity index (χ1v) is 6.21. The molecule has 108 valence electrons. The molecule has 0 aromatic heterocycles. The van der Waals surface area contributed by atoms with E-state index < -0.39 is 12.1 Å². The summed E-state index contributed by atoms with van der Waals surface area (Å²) in [6.07, 6.45) is 5.30. The molecule has 2 heterocycles. The lowest BCUT2D eigenvalue weighted by Crippen LogP contribution is -2.33. The van der Waals surface area contributed by atoms with E-state index in [0.717, 1.165) is 0 Å². The number of hydrogen-bond donors (Lipinski definition) is 1. The Labute approximate surface area is 121 Å². The second-order valence-electron chi connectivity index (χ2n) is 4.51. The van der Waals surface area contributed by atoms with E-state index in [1.807, 2.05) is 0 Å². The first-order valence-electron chi connectivity index (χ1n) is 6.21. The van der Waals surface area contributed by atoms with Crippen LogP contribution in [0.3, 0.4) is 0 Å². The molecule has 1 aromatic rings. The number of methoxy groups -OCH3 is 1. The van der Waals surface area contributed by atoms with E-state index in [4.69, 9.17) is 26.4 Å². The van der Waals surface area contributed by atoms with E-state index in [0.29, 0.717) is 22.8 Å². The van der Waals surface area contributed by atoms with Gasteiger partial charge in [0, 0.05) is 0 Å². The van der Waals surface area contributed by atoms with Crippen molar-refractivity contribution in [3.05, 3.63) is 17.7 Å². The van der Waals surface area contributed by atoms with Crippen LogP contribution < -0.4 is 19.9 Å². The average molecular weight is 287 g/mol. The monoisotopic (exact) mass is 287 g/mol. The van der Waals surface area contributed by atoms with E-state index in [-0.39, 0.29) is 19.2 Å². The zero-order valence-electron chi connectivity index (χ0n) is 11.3. The molecule has 0 fully saturated rings. The number of amides is 2. The van der Waals surface area contributed by atoms with E-state index in [1.165, 1.54) is 12.0 Å². The van der Waals surface area contributed by atoms with Crippen LogP contribution in [0.5, 0.6) is 17.2 Å². The number of amidine groups is 1. The molecule has 1 atom stereocenters. The molecule has 1 aromatic carbocycles. The molecule has 2 aliphatic heterocycles. The van der Waals surface area contributed by atoms with Crippen molar-refractivity contribution in [1.82, 2.24) is 4.90 Å². The maximum atomic E-state index is 11.8. The fourth-order valence-electron chi connectivity index (χ4n) is 2.42. The number of terminal acetylenes is 1. The molecule has 0 spiro atoms. The van der Waals surface area contributed by atoms with Crippen LogP contribution in [0.1, 0.15) is 11.6 Å². The van der Waals surface area contributed by atoms with Gasteiger partial charge in [0.1, 0.15) is 11.9 Å². The highest BCUT2D eigenvalue weighted by Crippen LogP contribution is 2.44. The van der Waals surface area contributed by atoms with E-state index in [1.54, 1.807) is 12.1 Å². The third-order valence-electron chi connectivity index (χ3n) is 3.32. The summed E-state index contributed by atoms with van der Waals surface area (Å²) in [7, 11) is 1.53. The Balaban J connectivity index is 2.05. The minimum absolute atomic E-state index is 0.116. The maximum absolute atomic E-state index is 11.8. The maximum Gasteiger partial charge on any atom is 0.346 e. The van der Waals surface area contributed by atoms with Crippen molar-refractivity contribution in [2.24, 2.45) is 10.7 Å². The Kier molecular flexibility index (Phi) is 3.06. The molecule has 3 rings (SSSR count). The highest BCUT2D eigenvalue weighted by molar-refractivity contribution is 6.03. The van der Waals surface area contributed by atoms with Gasteiger partial charge in [-0.25, -0.2) is 4.79 Å². The normalized spacial score (nSPS) is 19.4. The van der Waals surface area contributed by atoms with Gasteiger partial charge in [-0.3, -0.25) is 4.90 Å². The number of carbonyl (C=O) groups excluding carboxylic acids is 1. The number of fused-ring (bicyclic) bond motifs is 1.